The zero-order valence-corrected chi connectivity index (χ0v) is 13.2. The van der Waals surface area contributed by atoms with Crippen LogP contribution in [0.15, 0.2) is 35.1 Å². The number of hydrogen-bond acceptors (Lipinski definition) is 4. The minimum absolute atomic E-state index is 0.00990. The summed E-state index contributed by atoms with van der Waals surface area (Å²) in [6.45, 7) is 0.941. The van der Waals surface area contributed by atoms with Crippen molar-refractivity contribution in [2.24, 2.45) is 0 Å². The van der Waals surface area contributed by atoms with Gasteiger partial charge in [0.15, 0.2) is 5.75 Å². The van der Waals surface area contributed by atoms with E-state index in [1.165, 1.54) is 24.7 Å². The fourth-order valence-corrected chi connectivity index (χ4v) is 2.37. The Labute approximate surface area is 137 Å². The summed E-state index contributed by atoms with van der Waals surface area (Å²) in [4.78, 5) is 11.6. The van der Waals surface area contributed by atoms with Gasteiger partial charge in [-0.25, -0.2) is 0 Å². The second-order valence-electron chi connectivity index (χ2n) is 4.56. The number of halogens is 2. The molecule has 0 bridgehead atoms. The molecule has 22 heavy (non-hydrogen) atoms. The lowest BCUT2D eigenvalue weighted by atomic mass is 10.3. The van der Waals surface area contributed by atoms with Crippen molar-refractivity contribution < 1.29 is 19.1 Å². The van der Waals surface area contributed by atoms with Crippen LogP contribution < -0.4 is 10.1 Å². The molecule has 2 rings (SSSR count). The molecule has 1 amide bonds. The summed E-state index contributed by atoms with van der Waals surface area (Å²) in [6, 6.07) is 4.34. The van der Waals surface area contributed by atoms with Crippen LogP contribution in [0.3, 0.4) is 0 Å². The molecule has 0 aliphatic carbocycles. The largest absolute Gasteiger partial charge is 0.508 e. The maximum atomic E-state index is 11.6. The third kappa shape index (κ3) is 4.58. The molecule has 0 unspecified atom stereocenters. The van der Waals surface area contributed by atoms with E-state index in [0.717, 1.165) is 12.8 Å². The van der Waals surface area contributed by atoms with E-state index in [2.05, 4.69) is 5.32 Å². The number of furan rings is 1. The van der Waals surface area contributed by atoms with E-state index < -0.39 is 0 Å². The summed E-state index contributed by atoms with van der Waals surface area (Å²) in [7, 11) is 0. The molecule has 5 nitrogen and oxygen atoms in total. The number of carbonyl (C=O) groups excluding carboxylic acids is 1. The van der Waals surface area contributed by atoms with Crippen LogP contribution in [0.1, 0.15) is 23.2 Å². The van der Waals surface area contributed by atoms with Crippen molar-refractivity contribution in [3.8, 4) is 11.5 Å². The molecule has 2 aromatic rings. The van der Waals surface area contributed by atoms with Crippen LogP contribution in [-0.4, -0.2) is 24.2 Å². The molecule has 0 aliphatic rings. The Kier molecular flexibility index (Phi) is 5.98. The van der Waals surface area contributed by atoms with Crippen molar-refractivity contribution in [1.29, 1.82) is 0 Å². The Morgan fingerprint density at radius 2 is 2.00 bits per heavy atom. The van der Waals surface area contributed by atoms with Gasteiger partial charge in [0.05, 0.1) is 28.5 Å². The predicted octanol–water partition coefficient (Wildman–Crippen LogP) is 3.88. The lowest BCUT2D eigenvalue weighted by Gasteiger charge is -2.10. The van der Waals surface area contributed by atoms with Gasteiger partial charge in [-0.15, -0.1) is 0 Å². The first-order chi connectivity index (χ1) is 10.6. The topological polar surface area (TPSA) is 71.7 Å². The van der Waals surface area contributed by atoms with Crippen molar-refractivity contribution in [3.63, 3.8) is 0 Å². The maximum Gasteiger partial charge on any atom is 0.254 e. The summed E-state index contributed by atoms with van der Waals surface area (Å²) in [6.07, 6.45) is 4.32. The average Bonchev–Trinajstić information content (AvgIpc) is 2.98. The Bertz CT molecular complexity index is 605. The number of aromatic hydroxyl groups is 1. The third-order valence-electron chi connectivity index (χ3n) is 2.87. The number of nitrogens with one attached hydrogen (secondary N) is 1. The van der Waals surface area contributed by atoms with E-state index in [0.29, 0.717) is 24.5 Å². The first kappa shape index (κ1) is 16.5. The minimum Gasteiger partial charge on any atom is -0.508 e. The van der Waals surface area contributed by atoms with E-state index in [4.69, 9.17) is 32.4 Å². The molecule has 1 heterocycles. The SMILES string of the molecule is O=C(NCCCCOc1c(Cl)cc(O)cc1Cl)c1ccoc1. The molecule has 0 radical (unpaired) electrons. The minimum atomic E-state index is -0.167. The number of carbonyl (C=O) groups is 1. The average molecular weight is 344 g/mol. The highest BCUT2D eigenvalue weighted by Crippen LogP contribution is 2.36. The Morgan fingerprint density at radius 3 is 2.64 bits per heavy atom. The lowest BCUT2D eigenvalue weighted by Crippen LogP contribution is -2.24. The van der Waals surface area contributed by atoms with Gasteiger partial charge in [-0.3, -0.25) is 4.79 Å². The fourth-order valence-electron chi connectivity index (χ4n) is 1.78. The standard InChI is InChI=1S/C15H15Cl2NO4/c16-12-7-11(19)8-13(17)14(12)22-5-2-1-4-18-15(20)10-3-6-21-9-10/h3,6-9,19H,1-2,4-5H2,(H,18,20). The van der Waals surface area contributed by atoms with Gasteiger partial charge in [-0.2, -0.15) is 0 Å². The van der Waals surface area contributed by atoms with Crippen molar-refractivity contribution >= 4 is 29.1 Å². The third-order valence-corrected chi connectivity index (χ3v) is 3.43. The zero-order valence-electron chi connectivity index (χ0n) is 11.6. The van der Waals surface area contributed by atoms with Gasteiger partial charge in [0.1, 0.15) is 12.0 Å². The van der Waals surface area contributed by atoms with E-state index in [1.54, 1.807) is 6.07 Å². The first-order valence-electron chi connectivity index (χ1n) is 6.69. The second kappa shape index (κ2) is 7.96. The number of phenols is 1. The molecule has 118 valence electrons. The smallest absolute Gasteiger partial charge is 0.254 e. The Morgan fingerprint density at radius 1 is 1.27 bits per heavy atom. The van der Waals surface area contributed by atoms with Crippen molar-refractivity contribution in [2.45, 2.75) is 12.8 Å². The van der Waals surface area contributed by atoms with Gasteiger partial charge in [0.2, 0.25) is 0 Å². The van der Waals surface area contributed by atoms with E-state index in [9.17, 15) is 9.90 Å². The van der Waals surface area contributed by atoms with E-state index in [-0.39, 0.29) is 21.7 Å². The predicted molar refractivity (Wildman–Crippen MR) is 83.9 cm³/mol. The van der Waals surface area contributed by atoms with Crippen LogP contribution in [0.2, 0.25) is 10.0 Å². The van der Waals surface area contributed by atoms with Gasteiger partial charge in [0.25, 0.3) is 5.91 Å². The van der Waals surface area contributed by atoms with Crippen LogP contribution in [0, 0.1) is 0 Å². The molecule has 1 aromatic carbocycles. The van der Waals surface area contributed by atoms with Crippen LogP contribution in [0.4, 0.5) is 0 Å². The van der Waals surface area contributed by atoms with Crippen molar-refractivity contribution in [2.75, 3.05) is 13.2 Å². The highest BCUT2D eigenvalue weighted by atomic mass is 35.5. The molecular formula is C15H15Cl2NO4. The van der Waals surface area contributed by atoms with Gasteiger partial charge < -0.3 is 19.6 Å². The molecule has 2 N–H and O–H groups in total. The molecule has 1 aromatic heterocycles. The summed E-state index contributed by atoms with van der Waals surface area (Å²) in [5.74, 6) is 0.173. The van der Waals surface area contributed by atoms with Crippen LogP contribution in [0.5, 0.6) is 11.5 Å². The van der Waals surface area contributed by atoms with Crippen LogP contribution in [-0.2, 0) is 0 Å². The number of ether oxygens (including phenoxy) is 1. The molecule has 7 heteroatoms. The van der Waals surface area contributed by atoms with Crippen molar-refractivity contribution in [3.05, 3.63) is 46.3 Å². The number of unbranched alkanes of at least 4 members (excludes halogenated alkanes) is 1. The van der Waals surface area contributed by atoms with E-state index >= 15 is 0 Å². The molecule has 0 saturated heterocycles. The molecular weight excluding hydrogens is 329 g/mol. The molecule has 0 aliphatic heterocycles. The second-order valence-corrected chi connectivity index (χ2v) is 5.38. The van der Waals surface area contributed by atoms with Crippen LogP contribution in [0.25, 0.3) is 0 Å². The summed E-state index contributed by atoms with van der Waals surface area (Å²) in [5, 5.41) is 12.6. The lowest BCUT2D eigenvalue weighted by molar-refractivity contribution is 0.0951. The normalized spacial score (nSPS) is 10.5. The van der Waals surface area contributed by atoms with Crippen molar-refractivity contribution in [1.82, 2.24) is 5.32 Å². The maximum absolute atomic E-state index is 11.6. The monoisotopic (exact) mass is 343 g/mol. The highest BCUT2D eigenvalue weighted by molar-refractivity contribution is 6.37. The Balaban J connectivity index is 1.67. The fraction of sp³-hybridized carbons (Fsp3) is 0.267. The van der Waals surface area contributed by atoms with Gasteiger partial charge >= 0.3 is 0 Å². The van der Waals surface area contributed by atoms with Crippen LogP contribution >= 0.6 is 23.2 Å². The molecule has 0 saturated carbocycles. The number of amides is 1. The van der Waals surface area contributed by atoms with Gasteiger partial charge in [0, 0.05) is 18.7 Å². The summed E-state index contributed by atoms with van der Waals surface area (Å²) in [5.41, 5.74) is 0.499. The molecule has 0 atom stereocenters. The Hall–Kier alpha value is -1.85. The molecule has 0 spiro atoms. The summed E-state index contributed by atoms with van der Waals surface area (Å²) >= 11 is 11.9. The number of hydrogen-bond donors (Lipinski definition) is 2. The number of rotatable bonds is 7. The van der Waals surface area contributed by atoms with Gasteiger partial charge in [-0.1, -0.05) is 23.2 Å². The molecule has 0 fully saturated rings. The summed E-state index contributed by atoms with van der Waals surface area (Å²) < 4.78 is 10.3. The highest BCUT2D eigenvalue weighted by Gasteiger charge is 2.09. The number of benzene rings is 1. The van der Waals surface area contributed by atoms with E-state index in [1.807, 2.05) is 0 Å². The zero-order chi connectivity index (χ0) is 15.9. The number of phenolic OH excluding ortho intramolecular Hbond substituents is 1. The first-order valence-corrected chi connectivity index (χ1v) is 7.44. The quantitative estimate of drug-likeness (QED) is 0.748. The van der Waals surface area contributed by atoms with Gasteiger partial charge in [-0.05, 0) is 18.9 Å².